The molecule has 2 rings (SSSR count). The topological polar surface area (TPSA) is 72.2 Å². The maximum atomic E-state index is 13.5. The van der Waals surface area contributed by atoms with Crippen molar-refractivity contribution < 1.29 is 21.6 Å². The van der Waals surface area contributed by atoms with Gasteiger partial charge in [0.15, 0.2) is 11.6 Å². The molecule has 0 aliphatic heterocycles. The highest BCUT2D eigenvalue weighted by atomic mass is 32.2. The van der Waals surface area contributed by atoms with Crippen molar-refractivity contribution in [2.45, 2.75) is 18.9 Å². The van der Waals surface area contributed by atoms with Crippen LogP contribution in [0.3, 0.4) is 0 Å². The van der Waals surface area contributed by atoms with Crippen LogP contribution in [0.5, 0.6) is 0 Å². The third-order valence-electron chi connectivity index (χ3n) is 2.65. The lowest BCUT2D eigenvalue weighted by Gasteiger charge is -2.13. The zero-order chi connectivity index (χ0) is 12.8. The summed E-state index contributed by atoms with van der Waals surface area (Å²) < 4.78 is 63.4. The SMILES string of the molecule is NS(=O)(=O)NC1CCc2c(F)cc(F)c(F)c21. The molecule has 0 radical (unpaired) electrons. The summed E-state index contributed by atoms with van der Waals surface area (Å²) in [6.07, 6.45) is 0.272. The first kappa shape index (κ1) is 12.3. The molecule has 0 spiro atoms. The molecule has 1 aliphatic carbocycles. The predicted octanol–water partition coefficient (Wildman–Crippen LogP) is 0.884. The van der Waals surface area contributed by atoms with Crippen molar-refractivity contribution in [3.63, 3.8) is 0 Å². The lowest BCUT2D eigenvalue weighted by Crippen LogP contribution is -2.33. The molecule has 1 atom stereocenters. The van der Waals surface area contributed by atoms with Crippen molar-refractivity contribution in [2.24, 2.45) is 5.14 Å². The van der Waals surface area contributed by atoms with Crippen molar-refractivity contribution in [3.05, 3.63) is 34.6 Å². The van der Waals surface area contributed by atoms with Crippen molar-refractivity contribution in [3.8, 4) is 0 Å². The number of rotatable bonds is 2. The van der Waals surface area contributed by atoms with Gasteiger partial charge in [0.2, 0.25) is 0 Å². The monoisotopic (exact) mass is 266 g/mol. The van der Waals surface area contributed by atoms with Gasteiger partial charge in [-0.3, -0.25) is 0 Å². The minimum Gasteiger partial charge on any atom is -0.216 e. The smallest absolute Gasteiger partial charge is 0.216 e. The van der Waals surface area contributed by atoms with Gasteiger partial charge in [0.05, 0.1) is 6.04 Å². The zero-order valence-corrected chi connectivity index (χ0v) is 9.32. The van der Waals surface area contributed by atoms with Crippen LogP contribution in [0, 0.1) is 17.5 Å². The van der Waals surface area contributed by atoms with E-state index >= 15 is 0 Å². The number of nitrogens with one attached hydrogen (secondary N) is 1. The second kappa shape index (κ2) is 3.97. The summed E-state index contributed by atoms with van der Waals surface area (Å²) in [4.78, 5) is 0. The second-order valence-electron chi connectivity index (χ2n) is 3.80. The normalized spacial score (nSPS) is 19.4. The molecule has 0 heterocycles. The predicted molar refractivity (Wildman–Crippen MR) is 53.6 cm³/mol. The third-order valence-corrected chi connectivity index (χ3v) is 3.26. The highest BCUT2D eigenvalue weighted by Gasteiger charge is 2.32. The van der Waals surface area contributed by atoms with E-state index in [0.29, 0.717) is 6.07 Å². The molecule has 4 nitrogen and oxygen atoms in total. The third kappa shape index (κ3) is 2.28. The van der Waals surface area contributed by atoms with Crippen molar-refractivity contribution in [2.75, 3.05) is 0 Å². The van der Waals surface area contributed by atoms with E-state index in [0.717, 1.165) is 0 Å². The Kier molecular flexibility index (Phi) is 2.88. The average molecular weight is 266 g/mol. The van der Waals surface area contributed by atoms with Gasteiger partial charge >= 0.3 is 0 Å². The number of nitrogens with two attached hydrogens (primary N) is 1. The van der Waals surface area contributed by atoms with Crippen LogP contribution < -0.4 is 9.86 Å². The largest absolute Gasteiger partial charge is 0.274 e. The average Bonchev–Trinajstić information content (AvgIpc) is 2.56. The Hall–Kier alpha value is -1.12. The highest BCUT2D eigenvalue weighted by molar-refractivity contribution is 7.87. The maximum Gasteiger partial charge on any atom is 0.274 e. The van der Waals surface area contributed by atoms with Crippen molar-refractivity contribution in [1.29, 1.82) is 0 Å². The molecular weight excluding hydrogens is 257 g/mol. The Morgan fingerprint density at radius 3 is 2.53 bits per heavy atom. The standard InChI is InChI=1S/C9H9F3N2O2S/c10-5-3-6(11)9(12)8-4(5)1-2-7(8)14-17(13,15)16/h3,7,14H,1-2H2,(H2,13,15,16). The fourth-order valence-electron chi connectivity index (χ4n) is 2.02. The Bertz CT molecular complexity index is 574. The molecule has 0 aromatic heterocycles. The van der Waals surface area contributed by atoms with Crippen LogP contribution in [0.2, 0.25) is 0 Å². The van der Waals surface area contributed by atoms with E-state index in [4.69, 9.17) is 5.14 Å². The minimum atomic E-state index is -4.05. The van der Waals surface area contributed by atoms with Gasteiger partial charge in [0, 0.05) is 11.6 Å². The van der Waals surface area contributed by atoms with Crippen molar-refractivity contribution in [1.82, 2.24) is 4.72 Å². The van der Waals surface area contributed by atoms with Crippen LogP contribution in [0.15, 0.2) is 6.07 Å². The highest BCUT2D eigenvalue weighted by Crippen LogP contribution is 2.36. The molecule has 0 fully saturated rings. The van der Waals surface area contributed by atoms with Crippen LogP contribution in [0.4, 0.5) is 13.2 Å². The Balaban J connectivity index is 2.50. The first-order valence-corrected chi connectivity index (χ1v) is 6.30. The van der Waals surface area contributed by atoms with Gasteiger partial charge in [-0.1, -0.05) is 0 Å². The molecule has 0 saturated carbocycles. The van der Waals surface area contributed by atoms with Gasteiger partial charge < -0.3 is 0 Å². The van der Waals surface area contributed by atoms with Crippen molar-refractivity contribution >= 4 is 10.2 Å². The van der Waals surface area contributed by atoms with Gasteiger partial charge in [0.1, 0.15) is 5.82 Å². The maximum absolute atomic E-state index is 13.5. The molecule has 1 aromatic carbocycles. The van der Waals surface area contributed by atoms with Gasteiger partial charge in [0.25, 0.3) is 10.2 Å². The molecule has 1 unspecified atom stereocenters. The molecule has 1 aliphatic rings. The molecular formula is C9H9F3N2O2S. The fraction of sp³-hybridized carbons (Fsp3) is 0.333. The van der Waals surface area contributed by atoms with Gasteiger partial charge in [-0.15, -0.1) is 0 Å². The van der Waals surface area contributed by atoms with Gasteiger partial charge in [-0.05, 0) is 18.4 Å². The van der Waals surface area contributed by atoms with Crippen LogP contribution in [0.25, 0.3) is 0 Å². The Morgan fingerprint density at radius 2 is 1.94 bits per heavy atom. The van der Waals surface area contributed by atoms with Crippen LogP contribution in [-0.4, -0.2) is 8.42 Å². The van der Waals surface area contributed by atoms with E-state index in [2.05, 4.69) is 0 Å². The summed E-state index contributed by atoms with van der Waals surface area (Å²) in [5.41, 5.74) is -0.304. The van der Waals surface area contributed by atoms with Gasteiger partial charge in [-0.2, -0.15) is 13.1 Å². The molecule has 1 aromatic rings. The first-order chi connectivity index (χ1) is 7.79. The van der Waals surface area contributed by atoms with E-state index in [1.165, 1.54) is 0 Å². The summed E-state index contributed by atoms with van der Waals surface area (Å²) in [5, 5.41) is 4.75. The zero-order valence-electron chi connectivity index (χ0n) is 8.50. The summed E-state index contributed by atoms with van der Waals surface area (Å²) in [6.45, 7) is 0. The van der Waals surface area contributed by atoms with Crippen LogP contribution in [-0.2, 0) is 16.6 Å². The van der Waals surface area contributed by atoms with E-state index in [9.17, 15) is 21.6 Å². The molecule has 94 valence electrons. The van der Waals surface area contributed by atoms with E-state index in [-0.39, 0.29) is 24.0 Å². The number of hydrogen-bond donors (Lipinski definition) is 2. The number of hydrogen-bond acceptors (Lipinski definition) is 2. The minimum absolute atomic E-state index is 0.00921. The molecule has 17 heavy (non-hydrogen) atoms. The molecule has 0 amide bonds. The Labute approximate surface area is 95.8 Å². The summed E-state index contributed by atoms with van der Waals surface area (Å²) in [6, 6.07) is -0.571. The number of halogens is 3. The summed E-state index contributed by atoms with van der Waals surface area (Å²) in [7, 11) is -4.05. The molecule has 8 heteroatoms. The molecule has 0 saturated heterocycles. The summed E-state index contributed by atoms with van der Waals surface area (Å²) >= 11 is 0. The number of fused-ring (bicyclic) bond motifs is 1. The Morgan fingerprint density at radius 1 is 1.29 bits per heavy atom. The summed E-state index contributed by atoms with van der Waals surface area (Å²) in [5.74, 6) is -3.46. The van der Waals surface area contributed by atoms with E-state index in [1.807, 2.05) is 4.72 Å². The van der Waals surface area contributed by atoms with Gasteiger partial charge in [-0.25, -0.2) is 18.3 Å². The van der Waals surface area contributed by atoms with Crippen LogP contribution in [0.1, 0.15) is 23.6 Å². The second-order valence-corrected chi connectivity index (χ2v) is 5.13. The lowest BCUT2D eigenvalue weighted by molar-refractivity contribution is 0.473. The quantitative estimate of drug-likeness (QED) is 0.780. The van der Waals surface area contributed by atoms with E-state index < -0.39 is 33.7 Å². The van der Waals surface area contributed by atoms with E-state index in [1.54, 1.807) is 0 Å². The molecule has 0 bridgehead atoms. The first-order valence-electron chi connectivity index (χ1n) is 4.76. The number of benzene rings is 1. The van der Waals surface area contributed by atoms with Crippen LogP contribution >= 0.6 is 0 Å². The lowest BCUT2D eigenvalue weighted by atomic mass is 10.1. The fourth-order valence-corrected chi connectivity index (χ4v) is 2.65. The molecule has 3 N–H and O–H groups in total.